The molecule has 154 valence electrons. The van der Waals surface area contributed by atoms with Crippen LogP contribution in [-0.2, 0) is 25.9 Å². The van der Waals surface area contributed by atoms with E-state index in [1.165, 1.54) is 0 Å². The van der Waals surface area contributed by atoms with Crippen molar-refractivity contribution in [2.75, 3.05) is 7.11 Å². The van der Waals surface area contributed by atoms with Crippen LogP contribution in [-0.4, -0.2) is 37.7 Å². The molecule has 2 aromatic carbocycles. The van der Waals surface area contributed by atoms with Gasteiger partial charge < -0.3 is 9.64 Å². The van der Waals surface area contributed by atoms with Crippen molar-refractivity contribution in [3.63, 3.8) is 0 Å². The number of benzene rings is 2. The predicted molar refractivity (Wildman–Crippen MR) is 113 cm³/mol. The van der Waals surface area contributed by atoms with E-state index in [-0.39, 0.29) is 11.3 Å². The number of carbonyl (C=O) groups is 1. The summed E-state index contributed by atoms with van der Waals surface area (Å²) in [6.45, 7) is 4.19. The van der Waals surface area contributed by atoms with E-state index < -0.39 is 27.1 Å². The lowest BCUT2D eigenvalue weighted by Crippen LogP contribution is -2.51. The number of piperidine rings is 1. The Morgan fingerprint density at radius 1 is 1.10 bits per heavy atom. The zero-order chi connectivity index (χ0) is 21.0. The van der Waals surface area contributed by atoms with Crippen LogP contribution in [0.15, 0.2) is 71.3 Å². The number of hydrogen-bond acceptors (Lipinski definition) is 4. The van der Waals surface area contributed by atoms with E-state index in [4.69, 9.17) is 4.74 Å². The first-order chi connectivity index (χ1) is 13.9. The molecule has 2 aromatic rings. The van der Waals surface area contributed by atoms with Crippen LogP contribution < -0.4 is 0 Å². The topological polar surface area (TPSA) is 63.7 Å². The molecule has 1 aliphatic rings. The van der Waals surface area contributed by atoms with Gasteiger partial charge in [-0.15, -0.1) is 0 Å². The number of hydrogen-bond donors (Lipinski definition) is 0. The standard InChI is InChI=1S/C23H27NO4S/c1-4-8-20-21(28-3)15-22(29(26,27)19-13-11-17(2)12-14-19)23(25)24(20)16-18-9-6-5-7-10-18/h5-14,21-22H,4,15-16H2,1-3H3/b20-8+/t21-,22-/m0/s1. The Hall–Kier alpha value is -2.44. The number of allylic oxidation sites excluding steroid dienone is 1. The minimum atomic E-state index is -3.83. The number of carbonyl (C=O) groups excluding carboxylic acids is 1. The molecule has 3 rings (SSSR count). The second-order valence-electron chi connectivity index (χ2n) is 7.25. The van der Waals surface area contributed by atoms with Gasteiger partial charge in [-0.1, -0.05) is 61.0 Å². The molecule has 0 radical (unpaired) electrons. The molecular formula is C23H27NO4S. The molecule has 0 aromatic heterocycles. The van der Waals surface area contributed by atoms with Crippen LogP contribution in [0.25, 0.3) is 0 Å². The van der Waals surface area contributed by atoms with Crippen LogP contribution in [0.4, 0.5) is 0 Å². The van der Waals surface area contributed by atoms with E-state index in [1.807, 2.05) is 50.3 Å². The third-order valence-electron chi connectivity index (χ3n) is 5.22. The molecule has 0 unspecified atom stereocenters. The molecule has 29 heavy (non-hydrogen) atoms. The largest absolute Gasteiger partial charge is 0.375 e. The van der Waals surface area contributed by atoms with Crippen LogP contribution in [0.5, 0.6) is 0 Å². The summed E-state index contributed by atoms with van der Waals surface area (Å²) < 4.78 is 32.2. The van der Waals surface area contributed by atoms with Crippen LogP contribution >= 0.6 is 0 Å². The molecule has 2 atom stereocenters. The number of ether oxygens (including phenoxy) is 1. The molecule has 5 nitrogen and oxygen atoms in total. The Morgan fingerprint density at radius 2 is 1.76 bits per heavy atom. The van der Waals surface area contributed by atoms with Gasteiger partial charge in [0.1, 0.15) is 5.25 Å². The predicted octanol–water partition coefficient (Wildman–Crippen LogP) is 3.88. The van der Waals surface area contributed by atoms with Crippen molar-refractivity contribution >= 4 is 15.7 Å². The summed E-state index contributed by atoms with van der Waals surface area (Å²) in [6, 6.07) is 16.2. The molecule has 6 heteroatoms. The second-order valence-corrected chi connectivity index (χ2v) is 9.38. The maximum Gasteiger partial charge on any atom is 0.245 e. The first-order valence-electron chi connectivity index (χ1n) is 9.77. The van der Waals surface area contributed by atoms with Crippen molar-refractivity contribution < 1.29 is 17.9 Å². The number of methoxy groups -OCH3 is 1. The van der Waals surface area contributed by atoms with Crippen LogP contribution in [0.1, 0.15) is 30.9 Å². The highest BCUT2D eigenvalue weighted by Gasteiger charge is 2.45. The van der Waals surface area contributed by atoms with Gasteiger partial charge >= 0.3 is 0 Å². The highest BCUT2D eigenvalue weighted by atomic mass is 32.2. The number of sulfone groups is 1. The Bertz CT molecular complexity index is 981. The Balaban J connectivity index is 2.02. The van der Waals surface area contributed by atoms with Crippen molar-refractivity contribution in [2.45, 2.75) is 49.5 Å². The Labute approximate surface area is 172 Å². The lowest BCUT2D eigenvalue weighted by atomic mass is 10.0. The van der Waals surface area contributed by atoms with Gasteiger partial charge in [0.15, 0.2) is 9.84 Å². The molecule has 0 aliphatic carbocycles. The number of aryl methyl sites for hydroxylation is 1. The van der Waals surface area contributed by atoms with E-state index >= 15 is 0 Å². The summed E-state index contributed by atoms with van der Waals surface area (Å²) in [5.41, 5.74) is 2.64. The van der Waals surface area contributed by atoms with Crippen molar-refractivity contribution in [1.82, 2.24) is 4.90 Å². The highest BCUT2D eigenvalue weighted by Crippen LogP contribution is 2.33. The molecule has 0 saturated carbocycles. The van der Waals surface area contributed by atoms with Gasteiger partial charge in [-0.05, 0) is 31.0 Å². The second kappa shape index (κ2) is 8.93. The molecule has 1 saturated heterocycles. The van der Waals surface area contributed by atoms with Crippen molar-refractivity contribution in [1.29, 1.82) is 0 Å². The van der Waals surface area contributed by atoms with E-state index in [0.29, 0.717) is 6.54 Å². The van der Waals surface area contributed by atoms with Gasteiger partial charge in [-0.25, -0.2) is 8.42 Å². The average Bonchev–Trinajstić information content (AvgIpc) is 2.72. The molecule has 1 heterocycles. The fraction of sp³-hybridized carbons (Fsp3) is 0.348. The highest BCUT2D eigenvalue weighted by molar-refractivity contribution is 7.92. The summed E-state index contributed by atoms with van der Waals surface area (Å²) in [5, 5.41) is -1.17. The van der Waals surface area contributed by atoms with Crippen molar-refractivity contribution in [3.8, 4) is 0 Å². The van der Waals surface area contributed by atoms with Crippen molar-refractivity contribution in [3.05, 3.63) is 77.5 Å². The summed E-state index contributed by atoms with van der Waals surface area (Å²) >= 11 is 0. The third-order valence-corrected chi connectivity index (χ3v) is 7.29. The fourth-order valence-corrected chi connectivity index (χ4v) is 5.31. The van der Waals surface area contributed by atoms with Gasteiger partial charge in [0.2, 0.25) is 5.91 Å². The lowest BCUT2D eigenvalue weighted by Gasteiger charge is -2.39. The molecule has 0 bridgehead atoms. The Kier molecular flexibility index (Phi) is 6.55. The monoisotopic (exact) mass is 413 g/mol. The van der Waals surface area contributed by atoms with E-state index in [0.717, 1.165) is 23.2 Å². The molecular weight excluding hydrogens is 386 g/mol. The van der Waals surface area contributed by atoms with Gasteiger partial charge in [0, 0.05) is 19.2 Å². The zero-order valence-corrected chi connectivity index (χ0v) is 17.9. The molecule has 1 aliphatic heterocycles. The van der Waals surface area contributed by atoms with Crippen LogP contribution in [0, 0.1) is 6.92 Å². The summed E-state index contributed by atoms with van der Waals surface area (Å²) in [4.78, 5) is 15.2. The van der Waals surface area contributed by atoms with Gasteiger partial charge in [0.25, 0.3) is 0 Å². The average molecular weight is 414 g/mol. The number of likely N-dealkylation sites (tertiary alicyclic amines) is 1. The minimum Gasteiger partial charge on any atom is -0.375 e. The molecule has 0 N–H and O–H groups in total. The van der Waals surface area contributed by atoms with E-state index in [2.05, 4.69) is 0 Å². The van der Waals surface area contributed by atoms with Gasteiger partial charge in [-0.3, -0.25) is 4.79 Å². The van der Waals surface area contributed by atoms with Gasteiger partial charge in [-0.2, -0.15) is 0 Å². The van der Waals surface area contributed by atoms with E-state index in [1.54, 1.807) is 36.3 Å². The van der Waals surface area contributed by atoms with Crippen molar-refractivity contribution in [2.24, 2.45) is 0 Å². The summed E-state index contributed by atoms with van der Waals surface area (Å²) in [7, 11) is -2.28. The van der Waals surface area contributed by atoms with Crippen LogP contribution in [0.2, 0.25) is 0 Å². The molecule has 0 spiro atoms. The quantitative estimate of drug-likeness (QED) is 0.721. The Morgan fingerprint density at radius 3 is 2.34 bits per heavy atom. The minimum absolute atomic E-state index is 0.114. The van der Waals surface area contributed by atoms with E-state index in [9.17, 15) is 13.2 Å². The third kappa shape index (κ3) is 4.43. The maximum atomic E-state index is 13.4. The number of rotatable bonds is 6. The fourth-order valence-electron chi connectivity index (χ4n) is 3.65. The number of nitrogens with zero attached hydrogens (tertiary/aromatic N) is 1. The number of amides is 1. The zero-order valence-electron chi connectivity index (χ0n) is 17.0. The lowest BCUT2D eigenvalue weighted by molar-refractivity contribution is -0.133. The maximum absolute atomic E-state index is 13.4. The summed E-state index contributed by atoms with van der Waals surface area (Å²) in [6.07, 6.45) is 2.33. The first-order valence-corrected chi connectivity index (χ1v) is 11.3. The van der Waals surface area contributed by atoms with Gasteiger partial charge in [0.05, 0.1) is 17.5 Å². The smallest absolute Gasteiger partial charge is 0.245 e. The van der Waals surface area contributed by atoms with Crippen LogP contribution in [0.3, 0.4) is 0 Å². The first kappa shape index (κ1) is 21.3. The SMILES string of the molecule is CC/C=C1\[C@@H](OC)C[C@H](S(=O)(=O)c2ccc(C)cc2)C(=O)N1Cc1ccccc1. The molecule has 1 amide bonds. The normalized spacial score (nSPS) is 21.6. The summed E-state index contributed by atoms with van der Waals surface area (Å²) in [5.74, 6) is -0.401. The molecule has 1 fully saturated rings.